The Hall–Kier alpha value is -1.16. The van der Waals surface area contributed by atoms with Crippen LogP contribution in [-0.2, 0) is 16.1 Å². The number of carbonyl (C=O) groups excluding carboxylic acids is 1. The number of pyridine rings is 1. The van der Waals surface area contributed by atoms with E-state index >= 15 is 0 Å². The zero-order valence-electron chi connectivity index (χ0n) is 6.69. The second-order valence-electron chi connectivity index (χ2n) is 2.28. The van der Waals surface area contributed by atoms with E-state index in [9.17, 15) is 4.79 Å². The smallest absolute Gasteiger partial charge is 0.325 e. The van der Waals surface area contributed by atoms with Gasteiger partial charge in [0, 0.05) is 16.9 Å². The van der Waals surface area contributed by atoms with Crippen LogP contribution < -0.4 is 0 Å². The number of carbonyl (C=O) groups is 1. The van der Waals surface area contributed by atoms with Crippen LogP contribution in [0.25, 0.3) is 0 Å². The van der Waals surface area contributed by atoms with Crippen molar-refractivity contribution in [1.29, 1.82) is 0 Å². The van der Waals surface area contributed by atoms with E-state index in [4.69, 9.17) is 12.2 Å². The highest BCUT2D eigenvalue weighted by Gasteiger charge is 1.97. The summed E-state index contributed by atoms with van der Waals surface area (Å²) in [4.78, 5) is 10.8. The third kappa shape index (κ3) is 2.47. The lowest BCUT2D eigenvalue weighted by molar-refractivity contribution is -0.141. The van der Waals surface area contributed by atoms with E-state index in [1.807, 2.05) is 0 Å². The molecule has 0 radical (unpaired) electrons. The number of esters is 1. The molecule has 4 heteroatoms. The molecule has 3 nitrogen and oxygen atoms in total. The monoisotopic (exact) mass is 183 g/mol. The Morgan fingerprint density at radius 2 is 2.17 bits per heavy atom. The quantitative estimate of drug-likeness (QED) is 0.513. The van der Waals surface area contributed by atoms with Gasteiger partial charge >= 0.3 is 5.97 Å². The fourth-order valence-electron chi connectivity index (χ4n) is 0.763. The van der Waals surface area contributed by atoms with E-state index in [0.717, 1.165) is 4.51 Å². The average molecular weight is 183 g/mol. The topological polar surface area (TPSA) is 31.2 Å². The van der Waals surface area contributed by atoms with Gasteiger partial charge in [0.05, 0.1) is 7.11 Å². The van der Waals surface area contributed by atoms with Gasteiger partial charge in [0.25, 0.3) is 0 Å². The molecule has 1 aromatic heterocycles. The molecule has 0 aliphatic rings. The predicted octanol–water partition coefficient (Wildman–Crippen LogP) is 1.39. The van der Waals surface area contributed by atoms with Crippen LogP contribution in [0.2, 0.25) is 0 Å². The molecule has 0 aliphatic carbocycles. The molecule has 0 fully saturated rings. The van der Waals surface area contributed by atoms with Gasteiger partial charge in [-0.25, -0.2) is 0 Å². The van der Waals surface area contributed by atoms with E-state index in [1.54, 1.807) is 29.1 Å². The van der Waals surface area contributed by atoms with Crippen molar-refractivity contribution in [3.05, 3.63) is 29.0 Å². The Morgan fingerprint density at radius 3 is 2.67 bits per heavy atom. The summed E-state index contributed by atoms with van der Waals surface area (Å²) in [5.74, 6) is -0.267. The van der Waals surface area contributed by atoms with E-state index in [1.165, 1.54) is 7.11 Å². The van der Waals surface area contributed by atoms with Gasteiger partial charge in [-0.2, -0.15) is 0 Å². The number of aromatic nitrogens is 1. The van der Waals surface area contributed by atoms with Crippen molar-refractivity contribution in [2.24, 2.45) is 0 Å². The van der Waals surface area contributed by atoms with Crippen molar-refractivity contribution >= 4 is 18.2 Å². The Bertz CT molecular complexity index is 312. The first-order valence-corrected chi connectivity index (χ1v) is 3.86. The minimum absolute atomic E-state index is 0.228. The summed E-state index contributed by atoms with van der Waals surface area (Å²) in [6.45, 7) is 0.228. The summed E-state index contributed by atoms with van der Waals surface area (Å²) in [5, 5.41) is 0. The van der Waals surface area contributed by atoms with Gasteiger partial charge in [0.1, 0.15) is 6.54 Å². The van der Waals surface area contributed by atoms with Crippen LogP contribution in [0.5, 0.6) is 0 Å². The first-order valence-electron chi connectivity index (χ1n) is 3.45. The maximum Gasteiger partial charge on any atom is 0.325 e. The fourth-order valence-corrected chi connectivity index (χ4v) is 0.884. The van der Waals surface area contributed by atoms with Crippen LogP contribution in [0, 0.1) is 4.51 Å². The predicted molar refractivity (Wildman–Crippen MR) is 47.3 cm³/mol. The Labute approximate surface area is 75.6 Å². The largest absolute Gasteiger partial charge is 0.468 e. The SMILES string of the molecule is COC(=O)Cn1ccc(=S)cc1. The average Bonchev–Trinajstić information content (AvgIpc) is 2.09. The molecule has 0 aromatic carbocycles. The summed E-state index contributed by atoms with van der Waals surface area (Å²) in [5.41, 5.74) is 0. The van der Waals surface area contributed by atoms with E-state index in [2.05, 4.69) is 4.74 Å². The fraction of sp³-hybridized carbons (Fsp3) is 0.250. The van der Waals surface area contributed by atoms with Crippen molar-refractivity contribution in [1.82, 2.24) is 4.57 Å². The highest BCUT2D eigenvalue weighted by molar-refractivity contribution is 7.71. The zero-order valence-corrected chi connectivity index (χ0v) is 7.50. The van der Waals surface area contributed by atoms with Crippen molar-refractivity contribution < 1.29 is 9.53 Å². The van der Waals surface area contributed by atoms with Gasteiger partial charge in [-0.15, -0.1) is 0 Å². The van der Waals surface area contributed by atoms with Crippen LogP contribution in [0.1, 0.15) is 0 Å². The minimum atomic E-state index is -0.267. The molecular weight excluding hydrogens is 174 g/mol. The molecule has 0 spiro atoms. The lowest BCUT2D eigenvalue weighted by Crippen LogP contribution is -2.10. The molecular formula is C8H9NO2S. The number of nitrogens with zero attached hydrogens (tertiary/aromatic N) is 1. The van der Waals surface area contributed by atoms with Gasteiger partial charge < -0.3 is 9.30 Å². The van der Waals surface area contributed by atoms with Gasteiger partial charge in [-0.05, 0) is 12.1 Å². The Morgan fingerprint density at radius 1 is 1.58 bits per heavy atom. The van der Waals surface area contributed by atoms with Gasteiger partial charge in [-0.3, -0.25) is 4.79 Å². The molecule has 0 N–H and O–H groups in total. The van der Waals surface area contributed by atoms with E-state index in [0.29, 0.717) is 0 Å². The third-order valence-electron chi connectivity index (χ3n) is 1.40. The van der Waals surface area contributed by atoms with Crippen LogP contribution in [0.3, 0.4) is 0 Å². The van der Waals surface area contributed by atoms with Crippen molar-refractivity contribution in [2.45, 2.75) is 6.54 Å². The summed E-state index contributed by atoms with van der Waals surface area (Å²) in [6.07, 6.45) is 3.50. The molecule has 1 rings (SSSR count). The van der Waals surface area contributed by atoms with Crippen molar-refractivity contribution in [2.75, 3.05) is 7.11 Å². The summed E-state index contributed by atoms with van der Waals surface area (Å²) in [7, 11) is 1.37. The molecule has 12 heavy (non-hydrogen) atoms. The van der Waals surface area contributed by atoms with Gasteiger partial charge in [0.2, 0.25) is 0 Å². The second-order valence-corrected chi connectivity index (χ2v) is 2.75. The number of hydrogen-bond donors (Lipinski definition) is 0. The molecule has 1 heterocycles. The molecule has 0 aliphatic heterocycles. The highest BCUT2D eigenvalue weighted by Crippen LogP contribution is 1.92. The minimum Gasteiger partial charge on any atom is -0.468 e. The second kappa shape index (κ2) is 4.01. The van der Waals surface area contributed by atoms with E-state index in [-0.39, 0.29) is 12.5 Å². The molecule has 0 amide bonds. The number of hydrogen-bond acceptors (Lipinski definition) is 3. The first kappa shape index (κ1) is 8.93. The zero-order chi connectivity index (χ0) is 8.97. The highest BCUT2D eigenvalue weighted by atomic mass is 32.1. The van der Waals surface area contributed by atoms with Crippen molar-refractivity contribution in [3.63, 3.8) is 0 Å². The Balaban J connectivity index is 2.71. The number of ether oxygens (including phenoxy) is 1. The molecule has 64 valence electrons. The maximum atomic E-state index is 10.8. The Kier molecular flexibility index (Phi) is 2.99. The molecule has 0 saturated heterocycles. The summed E-state index contributed by atoms with van der Waals surface area (Å²) < 4.78 is 6.97. The molecule has 0 bridgehead atoms. The number of rotatable bonds is 2. The van der Waals surface area contributed by atoms with Crippen LogP contribution in [0.4, 0.5) is 0 Å². The maximum absolute atomic E-state index is 10.8. The lowest BCUT2D eigenvalue weighted by atomic mass is 10.5. The molecule has 0 unspecified atom stereocenters. The van der Waals surface area contributed by atoms with Gasteiger partial charge in [0.15, 0.2) is 0 Å². The van der Waals surface area contributed by atoms with Crippen molar-refractivity contribution in [3.8, 4) is 0 Å². The lowest BCUT2D eigenvalue weighted by Gasteiger charge is -2.02. The standard InChI is InChI=1S/C8H9NO2S/c1-11-8(10)6-9-4-2-7(12)3-5-9/h2-5H,6H2,1H3. The summed E-state index contributed by atoms with van der Waals surface area (Å²) >= 11 is 4.88. The van der Waals surface area contributed by atoms with Crippen LogP contribution in [-0.4, -0.2) is 17.6 Å². The van der Waals surface area contributed by atoms with Crippen LogP contribution in [0.15, 0.2) is 24.5 Å². The molecule has 1 aromatic rings. The van der Waals surface area contributed by atoms with Gasteiger partial charge in [-0.1, -0.05) is 12.2 Å². The third-order valence-corrected chi connectivity index (χ3v) is 1.67. The first-order chi connectivity index (χ1) is 5.72. The normalized spacial score (nSPS) is 9.42. The summed E-state index contributed by atoms with van der Waals surface area (Å²) in [6, 6.07) is 3.52. The number of methoxy groups -OCH3 is 1. The van der Waals surface area contributed by atoms with Crippen LogP contribution >= 0.6 is 12.2 Å². The molecule has 0 saturated carbocycles. The van der Waals surface area contributed by atoms with E-state index < -0.39 is 0 Å². The molecule has 0 atom stereocenters.